The van der Waals surface area contributed by atoms with E-state index in [4.69, 9.17) is 9.47 Å². The lowest BCUT2D eigenvalue weighted by molar-refractivity contribution is -0.294. The van der Waals surface area contributed by atoms with Gasteiger partial charge < -0.3 is 14.4 Å². The maximum atomic E-state index is 13.8. The molecule has 8 nitrogen and oxygen atoms in total. The van der Waals surface area contributed by atoms with Crippen molar-refractivity contribution in [3.63, 3.8) is 0 Å². The number of imide groups is 1. The highest BCUT2D eigenvalue weighted by Gasteiger charge is 2.66. The number of ether oxygens (including phenoxy) is 2. The van der Waals surface area contributed by atoms with Gasteiger partial charge in [0.2, 0.25) is 5.91 Å². The highest BCUT2D eigenvalue weighted by Crippen LogP contribution is 2.54. The number of morpholine rings is 1. The maximum Gasteiger partial charge on any atom is 0.255 e. The van der Waals surface area contributed by atoms with Crippen LogP contribution in [-0.4, -0.2) is 55.3 Å². The van der Waals surface area contributed by atoms with E-state index in [9.17, 15) is 14.4 Å². The molecule has 2 aromatic rings. The summed E-state index contributed by atoms with van der Waals surface area (Å²) in [6.45, 7) is 28.3. The first kappa shape index (κ1) is 34.1. The van der Waals surface area contributed by atoms with Crippen LogP contribution in [0, 0.1) is 10.8 Å². The zero-order valence-electron chi connectivity index (χ0n) is 30.1. The Morgan fingerprint density at radius 1 is 0.739 bits per heavy atom. The van der Waals surface area contributed by atoms with E-state index < -0.39 is 22.3 Å². The second-order valence-electron chi connectivity index (χ2n) is 16.7. The molecule has 0 bridgehead atoms. The number of piperidine rings is 1. The van der Waals surface area contributed by atoms with E-state index in [2.05, 4.69) is 89.9 Å². The third kappa shape index (κ3) is 4.65. The summed E-state index contributed by atoms with van der Waals surface area (Å²) < 4.78 is 13.0. The molecule has 2 aromatic carbocycles. The Labute approximate surface area is 275 Å². The molecule has 1 N–H and O–H groups in total. The molecule has 5 rings (SSSR count). The van der Waals surface area contributed by atoms with Crippen molar-refractivity contribution in [1.29, 1.82) is 0 Å². The summed E-state index contributed by atoms with van der Waals surface area (Å²) in [6, 6.07) is 14.0. The van der Waals surface area contributed by atoms with Crippen LogP contribution in [0.1, 0.15) is 117 Å². The number of nitrogens with zero attached hydrogens (tertiary/aromatic N) is 2. The second kappa shape index (κ2) is 10.4. The smallest absolute Gasteiger partial charge is 0.255 e. The Kier molecular flexibility index (Phi) is 7.70. The number of carbonyl (C=O) groups excluding carboxylic acids is 3. The number of hydrogen-bond donors (Lipinski definition) is 1. The van der Waals surface area contributed by atoms with Crippen molar-refractivity contribution >= 4 is 17.7 Å². The molecule has 2 saturated heterocycles. The molecule has 0 aliphatic carbocycles. The van der Waals surface area contributed by atoms with Gasteiger partial charge in [-0.25, -0.2) is 0 Å². The number of amides is 3. The fourth-order valence-electron chi connectivity index (χ4n) is 7.53. The summed E-state index contributed by atoms with van der Waals surface area (Å²) in [5.74, 6) is -0.404. The normalized spacial score (nSPS) is 27.2. The van der Waals surface area contributed by atoms with Gasteiger partial charge in [-0.15, -0.1) is 0 Å². The average molecular weight is 632 g/mol. The zero-order chi connectivity index (χ0) is 34.5. The molecule has 0 spiro atoms. The molecule has 3 amide bonds. The van der Waals surface area contributed by atoms with Gasteiger partial charge in [0, 0.05) is 34.2 Å². The van der Waals surface area contributed by atoms with Crippen molar-refractivity contribution in [2.24, 2.45) is 10.8 Å². The summed E-state index contributed by atoms with van der Waals surface area (Å²) in [4.78, 5) is 44.2. The summed E-state index contributed by atoms with van der Waals surface area (Å²) >= 11 is 0. The highest BCUT2D eigenvalue weighted by molar-refractivity contribution is 6.10. The Hall–Kier alpha value is -3.23. The van der Waals surface area contributed by atoms with Gasteiger partial charge in [0.25, 0.3) is 11.8 Å². The van der Waals surface area contributed by atoms with Gasteiger partial charge >= 0.3 is 0 Å². The van der Waals surface area contributed by atoms with Crippen molar-refractivity contribution in [2.75, 3.05) is 0 Å². The van der Waals surface area contributed by atoms with Crippen LogP contribution in [0.15, 0.2) is 42.5 Å². The van der Waals surface area contributed by atoms with Crippen molar-refractivity contribution in [3.05, 3.63) is 64.7 Å². The van der Waals surface area contributed by atoms with Crippen LogP contribution in [0.3, 0.4) is 0 Å². The van der Waals surface area contributed by atoms with E-state index >= 15 is 0 Å². The molecule has 1 unspecified atom stereocenters. The molecule has 1 atom stereocenters. The van der Waals surface area contributed by atoms with Crippen molar-refractivity contribution in [2.45, 2.75) is 138 Å². The molecule has 3 heterocycles. The van der Waals surface area contributed by atoms with Crippen LogP contribution in [-0.2, 0) is 34.0 Å². The minimum absolute atomic E-state index is 0.206. The lowest BCUT2D eigenvalue weighted by Crippen LogP contribution is -2.77. The average Bonchev–Trinajstić information content (AvgIpc) is 3.29. The number of nitrogens with one attached hydrogen (secondary N) is 1. The summed E-state index contributed by atoms with van der Waals surface area (Å²) in [5, 5.41) is 2.54. The first-order valence-electron chi connectivity index (χ1n) is 16.4. The molecule has 0 saturated carbocycles. The van der Waals surface area contributed by atoms with Gasteiger partial charge in [0.15, 0.2) is 0 Å². The summed E-state index contributed by atoms with van der Waals surface area (Å²) in [6.07, 6.45) is 0. The molecule has 2 fully saturated rings. The molecule has 0 aromatic heterocycles. The number of benzene rings is 2. The molecule has 46 heavy (non-hydrogen) atoms. The van der Waals surface area contributed by atoms with Crippen molar-refractivity contribution in [3.8, 4) is 5.75 Å². The third-order valence-electron chi connectivity index (χ3n) is 13.0. The molecule has 3 aliphatic rings. The van der Waals surface area contributed by atoms with Crippen LogP contribution in [0.4, 0.5) is 0 Å². The van der Waals surface area contributed by atoms with Crippen LogP contribution in [0.5, 0.6) is 5.75 Å². The maximum absolute atomic E-state index is 13.8. The predicted molar refractivity (Wildman–Crippen MR) is 179 cm³/mol. The minimum atomic E-state index is -1.25. The van der Waals surface area contributed by atoms with Gasteiger partial charge in [0.1, 0.15) is 17.9 Å². The Bertz CT molecular complexity index is 1560. The minimum Gasteiger partial charge on any atom is -0.489 e. The first-order chi connectivity index (χ1) is 20.9. The lowest BCUT2D eigenvalue weighted by Gasteiger charge is -2.66. The van der Waals surface area contributed by atoms with Gasteiger partial charge in [-0.05, 0) is 85.6 Å². The zero-order valence-corrected chi connectivity index (χ0v) is 30.1. The SMILES string of the molecule is CC1(C)OC(C)(C)C(C)(C)N(Cc2ccc(COc3cccc4c3CN(C3(C)C(=O)NC(=O)C(C)(C)C3(C)C)C4=O)cc2)C1(C)C. The Balaban J connectivity index is 1.34. The van der Waals surface area contributed by atoms with E-state index in [1.807, 2.05) is 39.8 Å². The van der Waals surface area contributed by atoms with Crippen molar-refractivity contribution in [1.82, 2.24) is 15.1 Å². The fourth-order valence-corrected chi connectivity index (χ4v) is 7.53. The van der Waals surface area contributed by atoms with Crippen molar-refractivity contribution < 1.29 is 23.9 Å². The Morgan fingerprint density at radius 2 is 1.28 bits per heavy atom. The van der Waals surface area contributed by atoms with E-state index in [0.29, 0.717) is 17.9 Å². The molecule has 3 aliphatic heterocycles. The Morgan fingerprint density at radius 3 is 1.85 bits per heavy atom. The van der Waals surface area contributed by atoms with Gasteiger partial charge in [-0.2, -0.15) is 0 Å². The standard InChI is InChI=1S/C38H53N3O5/c1-32(2)30(43)39-31(44)38(13,33(32,3)4)40-22-27-26(29(40)42)15-14-16-28(27)45-23-25-19-17-24(18-20-25)21-41-34(5,6)36(9,10)46-37(11,12)35(41,7)8/h14-20H,21-23H2,1-13H3,(H,39,43,44). The van der Waals surface area contributed by atoms with Crippen LogP contribution in [0.25, 0.3) is 0 Å². The van der Waals surface area contributed by atoms with E-state index in [-0.39, 0.29) is 40.6 Å². The highest BCUT2D eigenvalue weighted by atomic mass is 16.5. The van der Waals surface area contributed by atoms with E-state index in [0.717, 1.165) is 17.7 Å². The van der Waals surface area contributed by atoms with E-state index in [1.54, 1.807) is 17.9 Å². The van der Waals surface area contributed by atoms with Gasteiger partial charge in [-0.1, -0.05) is 58.0 Å². The molecule has 250 valence electrons. The van der Waals surface area contributed by atoms with E-state index in [1.165, 1.54) is 5.56 Å². The number of fused-ring (bicyclic) bond motifs is 1. The van der Waals surface area contributed by atoms with Crippen LogP contribution < -0.4 is 10.1 Å². The number of hydrogen-bond acceptors (Lipinski definition) is 6. The lowest BCUT2D eigenvalue weighted by atomic mass is 9.54. The van der Waals surface area contributed by atoms with Crippen LogP contribution in [0.2, 0.25) is 0 Å². The monoisotopic (exact) mass is 631 g/mol. The largest absolute Gasteiger partial charge is 0.489 e. The molecule has 0 radical (unpaired) electrons. The molecule has 8 heteroatoms. The first-order valence-corrected chi connectivity index (χ1v) is 16.4. The topological polar surface area (TPSA) is 88.2 Å². The number of rotatable bonds is 6. The summed E-state index contributed by atoms with van der Waals surface area (Å²) in [5.41, 5.74) is -0.547. The number of carbonyl (C=O) groups is 3. The third-order valence-corrected chi connectivity index (χ3v) is 13.0. The van der Waals surface area contributed by atoms with Gasteiger partial charge in [-0.3, -0.25) is 24.6 Å². The molecular weight excluding hydrogens is 578 g/mol. The van der Waals surface area contributed by atoms with Gasteiger partial charge in [0.05, 0.1) is 23.2 Å². The van der Waals surface area contributed by atoms with Crippen LogP contribution >= 0.6 is 0 Å². The molecular formula is C38H53N3O5. The second-order valence-corrected chi connectivity index (χ2v) is 16.7. The summed E-state index contributed by atoms with van der Waals surface area (Å²) in [7, 11) is 0. The quantitative estimate of drug-likeness (QED) is 0.360. The predicted octanol–water partition coefficient (Wildman–Crippen LogP) is 6.64. The fraction of sp³-hybridized carbons (Fsp3) is 0.605.